The van der Waals surface area contributed by atoms with Gasteiger partial charge in [-0.2, -0.15) is 5.26 Å². The van der Waals surface area contributed by atoms with Crippen LogP contribution in [0.3, 0.4) is 0 Å². The van der Waals surface area contributed by atoms with Crippen molar-refractivity contribution >= 4 is 28.2 Å². The fraction of sp³-hybridized carbons (Fsp3) is 0.278. The number of amides is 1. The van der Waals surface area contributed by atoms with E-state index in [0.717, 1.165) is 11.3 Å². The Morgan fingerprint density at radius 1 is 1.38 bits per heavy atom. The highest BCUT2D eigenvalue weighted by molar-refractivity contribution is 7.18. The number of hydrogen-bond acceptors (Lipinski definition) is 7. The number of para-hydroxylation sites is 2. The molecule has 0 saturated heterocycles. The van der Waals surface area contributed by atoms with Crippen molar-refractivity contribution in [2.45, 2.75) is 20.0 Å². The van der Waals surface area contributed by atoms with Crippen molar-refractivity contribution in [1.29, 1.82) is 5.26 Å². The van der Waals surface area contributed by atoms with E-state index < -0.39 is 18.0 Å². The Morgan fingerprint density at radius 2 is 2.12 bits per heavy atom. The molecule has 2 heterocycles. The van der Waals surface area contributed by atoms with Gasteiger partial charge in [0.05, 0.1) is 12.2 Å². The molecule has 134 valence electrons. The second kappa shape index (κ2) is 7.45. The van der Waals surface area contributed by atoms with Crippen molar-refractivity contribution in [3.63, 3.8) is 0 Å². The van der Waals surface area contributed by atoms with Crippen molar-refractivity contribution in [2.24, 2.45) is 0 Å². The smallest absolute Gasteiger partial charge is 0.348 e. The van der Waals surface area contributed by atoms with Gasteiger partial charge in [-0.3, -0.25) is 4.79 Å². The van der Waals surface area contributed by atoms with Crippen LogP contribution in [-0.2, 0) is 9.53 Å². The number of fused-ring (bicyclic) bond motifs is 1. The SMILES string of the molecule is CCOC(=O)c1sc(NC(=O)C2COc3ccccc3O2)c(C#N)c1C. The first-order valence-electron chi connectivity index (χ1n) is 7.95. The minimum absolute atomic E-state index is 0.0554. The van der Waals surface area contributed by atoms with Crippen molar-refractivity contribution in [2.75, 3.05) is 18.5 Å². The van der Waals surface area contributed by atoms with Crippen LogP contribution in [0.5, 0.6) is 11.5 Å². The van der Waals surface area contributed by atoms with E-state index in [1.54, 1.807) is 32.0 Å². The summed E-state index contributed by atoms with van der Waals surface area (Å²) >= 11 is 1.01. The summed E-state index contributed by atoms with van der Waals surface area (Å²) in [5, 5.41) is 12.3. The first kappa shape index (κ1) is 17.8. The van der Waals surface area contributed by atoms with Crippen LogP contribution in [0.1, 0.15) is 27.7 Å². The summed E-state index contributed by atoms with van der Waals surface area (Å²) in [6.45, 7) is 3.63. The number of ether oxygens (including phenoxy) is 3. The number of nitriles is 1. The predicted octanol–water partition coefficient (Wildman–Crippen LogP) is 2.88. The van der Waals surface area contributed by atoms with E-state index in [-0.39, 0.29) is 18.8 Å². The summed E-state index contributed by atoms with van der Waals surface area (Å²) in [6, 6.07) is 9.08. The molecule has 0 aliphatic carbocycles. The van der Waals surface area contributed by atoms with Gasteiger partial charge in [-0.05, 0) is 31.5 Å². The molecule has 0 spiro atoms. The summed E-state index contributed by atoms with van der Waals surface area (Å²) < 4.78 is 16.2. The zero-order chi connectivity index (χ0) is 18.7. The molecule has 3 rings (SSSR count). The van der Waals surface area contributed by atoms with Gasteiger partial charge in [-0.25, -0.2) is 4.79 Å². The lowest BCUT2D eigenvalue weighted by Gasteiger charge is -2.25. The molecule has 1 aromatic carbocycles. The number of nitrogens with zero attached hydrogens (tertiary/aromatic N) is 1. The van der Waals surface area contributed by atoms with E-state index in [9.17, 15) is 14.9 Å². The Morgan fingerprint density at radius 3 is 2.81 bits per heavy atom. The Kier molecular flexibility index (Phi) is 5.09. The van der Waals surface area contributed by atoms with E-state index in [1.165, 1.54) is 0 Å². The minimum atomic E-state index is -0.857. The normalized spacial score (nSPS) is 15.0. The van der Waals surface area contributed by atoms with Crippen LogP contribution < -0.4 is 14.8 Å². The number of carbonyl (C=O) groups excluding carboxylic acids is 2. The maximum absolute atomic E-state index is 12.5. The monoisotopic (exact) mass is 372 g/mol. The largest absolute Gasteiger partial charge is 0.485 e. The highest BCUT2D eigenvalue weighted by Crippen LogP contribution is 2.34. The van der Waals surface area contributed by atoms with Crippen LogP contribution in [-0.4, -0.2) is 31.2 Å². The summed E-state index contributed by atoms with van der Waals surface area (Å²) in [6.07, 6.45) is -0.857. The van der Waals surface area contributed by atoms with Gasteiger partial charge < -0.3 is 19.5 Å². The maximum atomic E-state index is 12.5. The topological polar surface area (TPSA) is 97.7 Å². The zero-order valence-corrected chi connectivity index (χ0v) is 15.0. The van der Waals surface area contributed by atoms with Crippen LogP contribution in [0.4, 0.5) is 5.00 Å². The predicted molar refractivity (Wildman–Crippen MR) is 94.7 cm³/mol. The van der Waals surface area contributed by atoms with E-state index in [0.29, 0.717) is 26.9 Å². The zero-order valence-electron chi connectivity index (χ0n) is 14.2. The van der Waals surface area contributed by atoms with E-state index in [4.69, 9.17) is 14.2 Å². The minimum Gasteiger partial charge on any atom is -0.485 e. The van der Waals surface area contributed by atoms with Gasteiger partial charge in [0.15, 0.2) is 11.5 Å². The third-order valence-electron chi connectivity index (χ3n) is 3.76. The Balaban J connectivity index is 1.79. The standard InChI is InChI=1S/C18H16N2O5S/c1-3-23-18(22)15-10(2)11(8-19)17(26-15)20-16(21)14-9-24-12-6-4-5-7-13(12)25-14/h4-7,14H,3,9H2,1-2H3,(H,20,21). The number of anilines is 1. The molecule has 1 atom stereocenters. The molecule has 0 bridgehead atoms. The number of esters is 1. The first-order chi connectivity index (χ1) is 12.5. The van der Waals surface area contributed by atoms with E-state index in [1.807, 2.05) is 12.1 Å². The van der Waals surface area contributed by atoms with Crippen LogP contribution in [0.25, 0.3) is 0 Å². The molecule has 26 heavy (non-hydrogen) atoms. The summed E-state index contributed by atoms with van der Waals surface area (Å²) in [5.74, 6) is 0.0886. The van der Waals surface area contributed by atoms with Gasteiger partial charge in [-0.15, -0.1) is 11.3 Å². The average molecular weight is 372 g/mol. The van der Waals surface area contributed by atoms with Gasteiger partial charge in [0, 0.05) is 0 Å². The Bertz CT molecular complexity index is 899. The Hall–Kier alpha value is -3.05. The van der Waals surface area contributed by atoms with E-state index in [2.05, 4.69) is 5.32 Å². The van der Waals surface area contributed by atoms with Crippen molar-refractivity contribution in [3.05, 3.63) is 40.3 Å². The molecule has 0 saturated carbocycles. The van der Waals surface area contributed by atoms with Crippen LogP contribution in [0, 0.1) is 18.3 Å². The second-order valence-electron chi connectivity index (χ2n) is 5.45. The number of carbonyl (C=O) groups is 2. The van der Waals surface area contributed by atoms with Gasteiger partial charge >= 0.3 is 5.97 Å². The number of hydrogen-bond donors (Lipinski definition) is 1. The molecule has 1 amide bonds. The number of benzene rings is 1. The first-order valence-corrected chi connectivity index (χ1v) is 8.76. The third kappa shape index (κ3) is 3.34. The molecule has 1 N–H and O–H groups in total. The molecule has 7 nitrogen and oxygen atoms in total. The molecule has 1 unspecified atom stereocenters. The van der Waals surface area contributed by atoms with Crippen molar-refractivity contribution < 1.29 is 23.8 Å². The second-order valence-corrected chi connectivity index (χ2v) is 6.47. The highest BCUT2D eigenvalue weighted by atomic mass is 32.1. The quantitative estimate of drug-likeness (QED) is 0.829. The van der Waals surface area contributed by atoms with Gasteiger partial charge in [0.2, 0.25) is 6.10 Å². The average Bonchev–Trinajstić information content (AvgIpc) is 2.96. The lowest BCUT2D eigenvalue weighted by molar-refractivity contribution is -0.125. The molecule has 1 aromatic heterocycles. The number of rotatable bonds is 4. The third-order valence-corrected chi connectivity index (χ3v) is 4.94. The van der Waals surface area contributed by atoms with Gasteiger partial charge in [-0.1, -0.05) is 12.1 Å². The maximum Gasteiger partial charge on any atom is 0.348 e. The van der Waals surface area contributed by atoms with E-state index >= 15 is 0 Å². The molecule has 1 aliphatic rings. The number of thiophene rings is 1. The number of nitrogens with one attached hydrogen (secondary N) is 1. The molecule has 1 aliphatic heterocycles. The molecule has 0 radical (unpaired) electrons. The summed E-state index contributed by atoms with van der Waals surface area (Å²) in [5.41, 5.74) is 0.723. The fourth-order valence-corrected chi connectivity index (χ4v) is 3.52. The molecular formula is C18H16N2O5S. The molecule has 8 heteroatoms. The fourth-order valence-electron chi connectivity index (χ4n) is 2.47. The van der Waals surface area contributed by atoms with Crippen LogP contribution in [0.2, 0.25) is 0 Å². The molecule has 0 fully saturated rings. The van der Waals surface area contributed by atoms with Gasteiger partial charge in [0.1, 0.15) is 22.6 Å². The van der Waals surface area contributed by atoms with Gasteiger partial charge in [0.25, 0.3) is 5.91 Å². The van der Waals surface area contributed by atoms with Crippen LogP contribution in [0.15, 0.2) is 24.3 Å². The van der Waals surface area contributed by atoms with Crippen molar-refractivity contribution in [3.8, 4) is 17.6 Å². The summed E-state index contributed by atoms with van der Waals surface area (Å²) in [4.78, 5) is 24.8. The molecular weight excluding hydrogens is 356 g/mol. The molecule has 2 aromatic rings. The van der Waals surface area contributed by atoms with Crippen LogP contribution >= 0.6 is 11.3 Å². The Labute approximate surface area is 154 Å². The highest BCUT2D eigenvalue weighted by Gasteiger charge is 2.29. The lowest BCUT2D eigenvalue weighted by Crippen LogP contribution is -2.40. The lowest BCUT2D eigenvalue weighted by atomic mass is 10.1. The van der Waals surface area contributed by atoms with Crippen molar-refractivity contribution in [1.82, 2.24) is 0 Å². The summed E-state index contributed by atoms with van der Waals surface area (Å²) in [7, 11) is 0.